The third-order valence-electron chi connectivity index (χ3n) is 4.07. The molecule has 0 amide bonds. The number of rotatable bonds is 3. The third kappa shape index (κ3) is 3.33. The monoisotopic (exact) mass is 325 g/mol. The van der Waals surface area contributed by atoms with Crippen molar-refractivity contribution in [3.8, 4) is 0 Å². The summed E-state index contributed by atoms with van der Waals surface area (Å²) in [6, 6.07) is 5.78. The van der Waals surface area contributed by atoms with Gasteiger partial charge in [-0.05, 0) is 42.4 Å². The quantitative estimate of drug-likeness (QED) is 0.927. The molecule has 122 valence electrons. The summed E-state index contributed by atoms with van der Waals surface area (Å²) in [6.07, 6.45) is 1.81. The van der Waals surface area contributed by atoms with Crippen molar-refractivity contribution in [2.75, 3.05) is 6.54 Å². The van der Waals surface area contributed by atoms with Crippen LogP contribution in [-0.2, 0) is 20.2 Å². The fraction of sp³-hybridized carbons (Fsp3) is 0.562. The van der Waals surface area contributed by atoms with Gasteiger partial charge in [-0.1, -0.05) is 32.9 Å². The molecule has 0 aromatic heterocycles. The molecule has 0 spiro atoms. The topological polar surface area (TPSA) is 74.7 Å². The Balaban J connectivity index is 2.35. The van der Waals surface area contributed by atoms with Gasteiger partial charge in [0.1, 0.15) is 6.04 Å². The van der Waals surface area contributed by atoms with E-state index < -0.39 is 22.0 Å². The molecule has 0 radical (unpaired) electrons. The number of nitrogens with zero attached hydrogens (tertiary/aromatic N) is 1. The van der Waals surface area contributed by atoms with Gasteiger partial charge in [0, 0.05) is 6.54 Å². The molecule has 0 saturated carbocycles. The Morgan fingerprint density at radius 2 is 1.77 bits per heavy atom. The maximum Gasteiger partial charge on any atom is 0.322 e. The van der Waals surface area contributed by atoms with Crippen LogP contribution in [0, 0.1) is 0 Å². The lowest BCUT2D eigenvalue weighted by Gasteiger charge is -2.32. The molecule has 1 N–H and O–H groups in total. The first-order valence-corrected chi connectivity index (χ1v) is 8.93. The minimum atomic E-state index is -3.77. The molecule has 1 fully saturated rings. The summed E-state index contributed by atoms with van der Waals surface area (Å²) in [4.78, 5) is 11.5. The van der Waals surface area contributed by atoms with Crippen LogP contribution in [0.15, 0.2) is 29.2 Å². The fourth-order valence-electron chi connectivity index (χ4n) is 2.70. The van der Waals surface area contributed by atoms with E-state index in [1.807, 2.05) is 0 Å². The van der Waals surface area contributed by atoms with E-state index in [1.165, 1.54) is 0 Å². The zero-order chi connectivity index (χ0) is 16.5. The van der Waals surface area contributed by atoms with Crippen molar-refractivity contribution in [3.05, 3.63) is 29.8 Å². The van der Waals surface area contributed by atoms with Gasteiger partial charge in [0.2, 0.25) is 10.0 Å². The van der Waals surface area contributed by atoms with Crippen molar-refractivity contribution >= 4 is 16.0 Å². The summed E-state index contributed by atoms with van der Waals surface area (Å²) >= 11 is 0. The van der Waals surface area contributed by atoms with Crippen molar-refractivity contribution in [2.24, 2.45) is 0 Å². The predicted octanol–water partition coefficient (Wildman–Crippen LogP) is 2.61. The molecule has 1 aliphatic rings. The predicted molar refractivity (Wildman–Crippen MR) is 84.3 cm³/mol. The van der Waals surface area contributed by atoms with Crippen molar-refractivity contribution in [3.63, 3.8) is 0 Å². The molecule has 1 aliphatic heterocycles. The van der Waals surface area contributed by atoms with Crippen LogP contribution in [0.1, 0.15) is 45.6 Å². The molecule has 1 aromatic rings. The Bertz CT molecular complexity index is 644. The Labute approximate surface area is 132 Å². The Hall–Kier alpha value is -1.40. The van der Waals surface area contributed by atoms with Crippen LogP contribution in [0.2, 0.25) is 0 Å². The Morgan fingerprint density at radius 3 is 2.27 bits per heavy atom. The van der Waals surface area contributed by atoms with Gasteiger partial charge in [-0.3, -0.25) is 4.79 Å². The molecule has 1 atom stereocenters. The van der Waals surface area contributed by atoms with Gasteiger partial charge in [0.05, 0.1) is 4.90 Å². The normalized spacial score (nSPS) is 20.8. The number of carboxylic acid groups (broad SMARTS) is 1. The first-order chi connectivity index (χ1) is 10.1. The second-order valence-electron chi connectivity index (χ2n) is 6.74. The summed E-state index contributed by atoms with van der Waals surface area (Å²) in [7, 11) is -3.77. The molecular formula is C16H23NO4S. The van der Waals surface area contributed by atoms with Gasteiger partial charge in [-0.2, -0.15) is 4.31 Å². The van der Waals surface area contributed by atoms with Crippen LogP contribution >= 0.6 is 0 Å². The first kappa shape index (κ1) is 17.0. The highest BCUT2D eigenvalue weighted by Gasteiger charge is 2.37. The number of benzene rings is 1. The Morgan fingerprint density at radius 1 is 1.18 bits per heavy atom. The van der Waals surface area contributed by atoms with Crippen LogP contribution in [-0.4, -0.2) is 36.4 Å². The van der Waals surface area contributed by atoms with E-state index in [4.69, 9.17) is 0 Å². The van der Waals surface area contributed by atoms with E-state index in [0.29, 0.717) is 12.8 Å². The van der Waals surface area contributed by atoms with E-state index in [9.17, 15) is 18.3 Å². The lowest BCUT2D eigenvalue weighted by atomic mass is 9.87. The van der Waals surface area contributed by atoms with Crippen molar-refractivity contribution in [1.82, 2.24) is 4.31 Å². The molecule has 1 unspecified atom stereocenters. The summed E-state index contributed by atoms with van der Waals surface area (Å²) in [5.74, 6) is -1.07. The van der Waals surface area contributed by atoms with Gasteiger partial charge in [0.15, 0.2) is 0 Å². The van der Waals surface area contributed by atoms with E-state index in [1.54, 1.807) is 24.3 Å². The van der Waals surface area contributed by atoms with Crippen LogP contribution < -0.4 is 0 Å². The number of piperidine rings is 1. The zero-order valence-electron chi connectivity index (χ0n) is 13.2. The van der Waals surface area contributed by atoms with E-state index in [2.05, 4.69) is 20.8 Å². The molecule has 1 saturated heterocycles. The standard InChI is InChI=1S/C16H23NO4S/c1-16(2,3)12-7-9-13(10-8-12)22(20,21)17-11-5-4-6-14(17)15(18)19/h7-10,14H,4-6,11H2,1-3H3,(H,18,19). The van der Waals surface area contributed by atoms with Gasteiger partial charge in [-0.15, -0.1) is 0 Å². The van der Waals surface area contributed by atoms with Gasteiger partial charge in [0.25, 0.3) is 0 Å². The van der Waals surface area contributed by atoms with Crippen molar-refractivity contribution < 1.29 is 18.3 Å². The number of sulfonamides is 1. The summed E-state index contributed by atoms with van der Waals surface area (Å²) in [5, 5.41) is 9.26. The van der Waals surface area contributed by atoms with E-state index >= 15 is 0 Å². The second kappa shape index (κ2) is 6.01. The minimum Gasteiger partial charge on any atom is -0.480 e. The van der Waals surface area contributed by atoms with Gasteiger partial charge < -0.3 is 5.11 Å². The molecule has 2 rings (SSSR count). The fourth-order valence-corrected chi connectivity index (χ4v) is 4.35. The number of hydrogen-bond donors (Lipinski definition) is 1. The Kier molecular flexibility index (Phi) is 4.63. The highest BCUT2D eigenvalue weighted by Crippen LogP contribution is 2.28. The SMILES string of the molecule is CC(C)(C)c1ccc(S(=O)(=O)N2CCCCC2C(=O)O)cc1. The van der Waals surface area contributed by atoms with Gasteiger partial charge in [-0.25, -0.2) is 8.42 Å². The molecule has 0 aliphatic carbocycles. The average molecular weight is 325 g/mol. The molecule has 6 heteroatoms. The lowest BCUT2D eigenvalue weighted by molar-refractivity contribution is -0.142. The largest absolute Gasteiger partial charge is 0.480 e. The van der Waals surface area contributed by atoms with Crippen LogP contribution in [0.3, 0.4) is 0 Å². The molecule has 22 heavy (non-hydrogen) atoms. The number of carbonyl (C=O) groups is 1. The number of aliphatic carboxylic acids is 1. The maximum atomic E-state index is 12.7. The summed E-state index contributed by atoms with van der Waals surface area (Å²) < 4.78 is 26.6. The highest BCUT2D eigenvalue weighted by atomic mass is 32.2. The zero-order valence-corrected chi connectivity index (χ0v) is 14.1. The van der Waals surface area contributed by atoms with E-state index in [0.717, 1.165) is 16.3 Å². The highest BCUT2D eigenvalue weighted by molar-refractivity contribution is 7.89. The summed E-state index contributed by atoms with van der Waals surface area (Å²) in [5.41, 5.74) is 0.983. The first-order valence-electron chi connectivity index (χ1n) is 7.49. The molecular weight excluding hydrogens is 302 g/mol. The molecule has 5 nitrogen and oxygen atoms in total. The number of hydrogen-bond acceptors (Lipinski definition) is 3. The second-order valence-corrected chi connectivity index (χ2v) is 8.63. The third-order valence-corrected chi connectivity index (χ3v) is 5.99. The van der Waals surface area contributed by atoms with Crippen molar-refractivity contribution in [1.29, 1.82) is 0 Å². The van der Waals surface area contributed by atoms with Crippen LogP contribution in [0.5, 0.6) is 0 Å². The summed E-state index contributed by atoms with van der Waals surface area (Å²) in [6.45, 7) is 6.44. The lowest BCUT2D eigenvalue weighted by Crippen LogP contribution is -2.47. The van der Waals surface area contributed by atoms with Crippen LogP contribution in [0.25, 0.3) is 0 Å². The van der Waals surface area contributed by atoms with E-state index in [-0.39, 0.29) is 16.9 Å². The number of carboxylic acids is 1. The molecule has 1 heterocycles. The molecule has 0 bridgehead atoms. The van der Waals surface area contributed by atoms with Crippen molar-refractivity contribution in [2.45, 2.75) is 56.4 Å². The smallest absolute Gasteiger partial charge is 0.322 e. The maximum absolute atomic E-state index is 12.7. The molecule has 1 aromatic carbocycles. The minimum absolute atomic E-state index is 0.0585. The average Bonchev–Trinajstić information content (AvgIpc) is 2.46. The van der Waals surface area contributed by atoms with Gasteiger partial charge >= 0.3 is 5.97 Å². The van der Waals surface area contributed by atoms with Crippen LogP contribution in [0.4, 0.5) is 0 Å².